The number of aryl methyl sites for hydroxylation is 2. The number of benzene rings is 1. The Bertz CT molecular complexity index is 618. The average Bonchev–Trinajstić information content (AvgIpc) is 2.38. The number of rotatable bonds is 3. The van der Waals surface area contributed by atoms with Crippen LogP contribution >= 0.6 is 0 Å². The molecule has 0 aliphatic heterocycles. The first-order valence-electron chi connectivity index (χ1n) is 6.43. The van der Waals surface area contributed by atoms with E-state index in [2.05, 4.69) is 48.9 Å². The molecule has 0 spiro atoms. The topological polar surface area (TPSA) is 42.9 Å². The van der Waals surface area contributed by atoms with Crippen LogP contribution in [0.4, 0.5) is 0 Å². The molecule has 0 unspecified atom stereocenters. The Balaban J connectivity index is 2.60. The van der Waals surface area contributed by atoms with Gasteiger partial charge in [0.2, 0.25) is 0 Å². The lowest BCUT2D eigenvalue weighted by atomic mass is 9.96. The minimum absolute atomic E-state index is 0.240. The molecule has 0 aliphatic rings. The van der Waals surface area contributed by atoms with Crippen LogP contribution in [0.3, 0.4) is 0 Å². The smallest absolute Gasteiger partial charge is 0.193 e. The van der Waals surface area contributed by atoms with Gasteiger partial charge in [-0.15, -0.1) is 0 Å². The standard InChI is InChI=1S/C16H18N2O/c1-10(2)13-6-5-11(3)14(8-13)15-7-12(4)17-16(9-19)18-15/h5-10H,1-4H3. The van der Waals surface area contributed by atoms with E-state index < -0.39 is 0 Å². The van der Waals surface area contributed by atoms with Crippen LogP contribution in [0.5, 0.6) is 0 Å². The molecule has 2 aromatic rings. The Morgan fingerprint density at radius 1 is 1.11 bits per heavy atom. The lowest BCUT2D eigenvalue weighted by molar-refractivity contribution is 0.111. The van der Waals surface area contributed by atoms with Gasteiger partial charge in [0.1, 0.15) is 0 Å². The van der Waals surface area contributed by atoms with E-state index in [1.54, 1.807) is 0 Å². The van der Waals surface area contributed by atoms with E-state index in [9.17, 15) is 4.79 Å². The molecule has 0 atom stereocenters. The van der Waals surface area contributed by atoms with Gasteiger partial charge in [0, 0.05) is 11.3 Å². The van der Waals surface area contributed by atoms with Gasteiger partial charge < -0.3 is 0 Å². The highest BCUT2D eigenvalue weighted by molar-refractivity contribution is 5.72. The van der Waals surface area contributed by atoms with Gasteiger partial charge in [-0.3, -0.25) is 4.79 Å². The van der Waals surface area contributed by atoms with Gasteiger partial charge in [0.05, 0.1) is 5.69 Å². The molecular weight excluding hydrogens is 236 g/mol. The van der Waals surface area contributed by atoms with Crippen LogP contribution in [0.15, 0.2) is 24.3 Å². The summed E-state index contributed by atoms with van der Waals surface area (Å²) in [6, 6.07) is 8.30. The van der Waals surface area contributed by atoms with E-state index in [1.165, 1.54) is 5.56 Å². The van der Waals surface area contributed by atoms with Crippen molar-refractivity contribution in [2.24, 2.45) is 0 Å². The highest BCUT2D eigenvalue weighted by atomic mass is 16.1. The normalized spacial score (nSPS) is 10.8. The molecular formula is C16H18N2O. The summed E-state index contributed by atoms with van der Waals surface area (Å²) < 4.78 is 0. The Labute approximate surface area is 113 Å². The molecule has 0 N–H and O–H groups in total. The number of hydrogen-bond donors (Lipinski definition) is 0. The first-order chi connectivity index (χ1) is 9.01. The van der Waals surface area contributed by atoms with Crippen LogP contribution in [0.2, 0.25) is 0 Å². The molecule has 1 aromatic carbocycles. The average molecular weight is 254 g/mol. The van der Waals surface area contributed by atoms with Crippen LogP contribution in [0, 0.1) is 13.8 Å². The summed E-state index contributed by atoms with van der Waals surface area (Å²) in [6.45, 7) is 8.25. The molecule has 0 aliphatic carbocycles. The zero-order chi connectivity index (χ0) is 14.0. The van der Waals surface area contributed by atoms with E-state index >= 15 is 0 Å². The zero-order valence-electron chi connectivity index (χ0n) is 11.8. The summed E-state index contributed by atoms with van der Waals surface area (Å²) in [7, 11) is 0. The van der Waals surface area contributed by atoms with E-state index in [-0.39, 0.29) is 5.82 Å². The van der Waals surface area contributed by atoms with E-state index in [4.69, 9.17) is 0 Å². The maximum absolute atomic E-state index is 10.9. The SMILES string of the molecule is Cc1cc(-c2cc(C(C)C)ccc2C)nc(C=O)n1. The molecule has 0 bridgehead atoms. The van der Waals surface area contributed by atoms with Gasteiger partial charge in [0.25, 0.3) is 0 Å². The lowest BCUT2D eigenvalue weighted by Crippen LogP contribution is -1.99. The number of carbonyl (C=O) groups excluding carboxylic acids is 1. The second-order valence-electron chi connectivity index (χ2n) is 5.10. The van der Waals surface area contributed by atoms with Crippen LogP contribution < -0.4 is 0 Å². The van der Waals surface area contributed by atoms with E-state index in [0.717, 1.165) is 22.5 Å². The third-order valence-electron chi connectivity index (χ3n) is 3.18. The van der Waals surface area contributed by atoms with Gasteiger partial charge in [-0.25, -0.2) is 9.97 Å². The summed E-state index contributed by atoms with van der Waals surface area (Å²) in [5, 5.41) is 0. The summed E-state index contributed by atoms with van der Waals surface area (Å²) >= 11 is 0. The van der Waals surface area contributed by atoms with Crippen molar-refractivity contribution in [1.29, 1.82) is 0 Å². The largest absolute Gasteiger partial charge is 0.294 e. The van der Waals surface area contributed by atoms with Gasteiger partial charge in [-0.05, 0) is 43.0 Å². The fourth-order valence-corrected chi connectivity index (χ4v) is 2.06. The maximum atomic E-state index is 10.9. The second kappa shape index (κ2) is 5.31. The van der Waals surface area contributed by atoms with Crippen LogP contribution in [-0.2, 0) is 0 Å². The number of aldehydes is 1. The predicted molar refractivity (Wildman–Crippen MR) is 76.4 cm³/mol. The van der Waals surface area contributed by atoms with Crippen LogP contribution in [-0.4, -0.2) is 16.3 Å². The molecule has 0 fully saturated rings. The van der Waals surface area contributed by atoms with Gasteiger partial charge in [-0.1, -0.05) is 26.0 Å². The molecule has 1 heterocycles. The van der Waals surface area contributed by atoms with Crippen molar-refractivity contribution in [2.75, 3.05) is 0 Å². The Morgan fingerprint density at radius 2 is 1.84 bits per heavy atom. The molecule has 19 heavy (non-hydrogen) atoms. The number of nitrogens with zero attached hydrogens (tertiary/aromatic N) is 2. The van der Waals surface area contributed by atoms with Crippen LogP contribution in [0.25, 0.3) is 11.3 Å². The summed E-state index contributed by atoms with van der Waals surface area (Å²) in [6.07, 6.45) is 0.693. The van der Waals surface area contributed by atoms with Crippen molar-refractivity contribution in [3.8, 4) is 11.3 Å². The van der Waals surface area contributed by atoms with Crippen molar-refractivity contribution >= 4 is 6.29 Å². The number of carbonyl (C=O) groups is 1. The minimum Gasteiger partial charge on any atom is -0.294 e. The fourth-order valence-electron chi connectivity index (χ4n) is 2.06. The quantitative estimate of drug-likeness (QED) is 0.784. The van der Waals surface area contributed by atoms with Crippen molar-refractivity contribution in [3.05, 3.63) is 46.9 Å². The highest BCUT2D eigenvalue weighted by Gasteiger charge is 2.09. The van der Waals surface area contributed by atoms with E-state index in [1.807, 2.05) is 13.0 Å². The number of aromatic nitrogens is 2. The zero-order valence-corrected chi connectivity index (χ0v) is 11.8. The van der Waals surface area contributed by atoms with Crippen molar-refractivity contribution in [1.82, 2.24) is 9.97 Å². The molecule has 3 nitrogen and oxygen atoms in total. The minimum atomic E-state index is 0.240. The summed E-state index contributed by atoms with van der Waals surface area (Å²) in [5.74, 6) is 0.706. The second-order valence-corrected chi connectivity index (χ2v) is 5.10. The van der Waals surface area contributed by atoms with Gasteiger partial charge in [-0.2, -0.15) is 0 Å². The summed E-state index contributed by atoms with van der Waals surface area (Å²) in [4.78, 5) is 19.3. The molecule has 0 radical (unpaired) electrons. The Hall–Kier alpha value is -2.03. The maximum Gasteiger partial charge on any atom is 0.193 e. The van der Waals surface area contributed by atoms with Crippen molar-refractivity contribution < 1.29 is 4.79 Å². The monoisotopic (exact) mass is 254 g/mol. The molecule has 0 saturated carbocycles. The molecule has 0 amide bonds. The van der Waals surface area contributed by atoms with Gasteiger partial charge >= 0.3 is 0 Å². The first-order valence-corrected chi connectivity index (χ1v) is 6.43. The summed E-state index contributed by atoms with van der Waals surface area (Å²) in [5.41, 5.74) is 5.11. The third kappa shape index (κ3) is 2.87. The van der Waals surface area contributed by atoms with Crippen molar-refractivity contribution in [3.63, 3.8) is 0 Å². The molecule has 3 heteroatoms. The lowest BCUT2D eigenvalue weighted by Gasteiger charge is -2.11. The molecule has 98 valence electrons. The highest BCUT2D eigenvalue weighted by Crippen LogP contribution is 2.26. The third-order valence-corrected chi connectivity index (χ3v) is 3.18. The first kappa shape index (κ1) is 13.4. The fraction of sp³-hybridized carbons (Fsp3) is 0.312. The van der Waals surface area contributed by atoms with Crippen LogP contribution in [0.1, 0.15) is 47.2 Å². The molecule has 2 rings (SSSR count). The predicted octanol–water partition coefficient (Wildman–Crippen LogP) is 3.70. The Morgan fingerprint density at radius 3 is 2.47 bits per heavy atom. The molecule has 1 aromatic heterocycles. The van der Waals surface area contributed by atoms with Crippen molar-refractivity contribution in [2.45, 2.75) is 33.6 Å². The van der Waals surface area contributed by atoms with Gasteiger partial charge in [0.15, 0.2) is 12.1 Å². The Kier molecular flexibility index (Phi) is 3.74. The van der Waals surface area contributed by atoms with E-state index in [0.29, 0.717) is 12.2 Å². The molecule has 0 saturated heterocycles. The number of hydrogen-bond acceptors (Lipinski definition) is 3.